The number of fused-ring (bicyclic) bond motifs is 1. The summed E-state index contributed by atoms with van der Waals surface area (Å²) in [6, 6.07) is 16.6. The first kappa shape index (κ1) is 14.2. The largest absolute Gasteiger partial charge is 0.320 e. The van der Waals surface area contributed by atoms with Crippen LogP contribution in [0.2, 0.25) is 0 Å². The van der Waals surface area contributed by atoms with Crippen molar-refractivity contribution < 1.29 is 4.39 Å². The number of halogens is 2. The van der Waals surface area contributed by atoms with Gasteiger partial charge in [0, 0.05) is 10.0 Å². The minimum Gasteiger partial charge on any atom is -0.320 e. The lowest BCUT2D eigenvalue weighted by molar-refractivity contribution is 0.598. The second kappa shape index (κ2) is 5.58. The van der Waals surface area contributed by atoms with Gasteiger partial charge in [-0.25, -0.2) is 4.39 Å². The van der Waals surface area contributed by atoms with E-state index in [4.69, 9.17) is 5.73 Å². The molecule has 0 aliphatic heterocycles. The minimum absolute atomic E-state index is 0.288. The average molecular weight is 344 g/mol. The van der Waals surface area contributed by atoms with E-state index in [2.05, 4.69) is 22.0 Å². The molecule has 1 nitrogen and oxygen atoms in total. The number of aryl methyl sites for hydroxylation is 1. The molecule has 0 aromatic heterocycles. The Morgan fingerprint density at radius 3 is 2.48 bits per heavy atom. The molecular weight excluding hydrogens is 329 g/mol. The molecule has 3 rings (SSSR count). The highest BCUT2D eigenvalue weighted by atomic mass is 79.9. The fourth-order valence-corrected chi connectivity index (χ4v) is 3.36. The van der Waals surface area contributed by atoms with Crippen LogP contribution < -0.4 is 5.73 Å². The first-order valence-corrected chi connectivity index (χ1v) is 7.56. The number of nitrogens with two attached hydrogens (primary N) is 1. The average Bonchev–Trinajstić information content (AvgIpc) is 2.46. The number of hydrogen-bond donors (Lipinski definition) is 1. The molecule has 3 aromatic carbocycles. The van der Waals surface area contributed by atoms with Crippen LogP contribution in [-0.4, -0.2) is 0 Å². The van der Waals surface area contributed by atoms with E-state index < -0.39 is 6.04 Å². The summed E-state index contributed by atoms with van der Waals surface area (Å²) in [5, 5.41) is 2.18. The second-order valence-electron chi connectivity index (χ2n) is 5.13. The van der Waals surface area contributed by atoms with Gasteiger partial charge in [0.1, 0.15) is 5.82 Å². The van der Waals surface area contributed by atoms with Crippen molar-refractivity contribution in [3.63, 3.8) is 0 Å². The van der Waals surface area contributed by atoms with E-state index in [1.165, 1.54) is 6.07 Å². The van der Waals surface area contributed by atoms with Gasteiger partial charge in [-0.05, 0) is 41.0 Å². The van der Waals surface area contributed by atoms with Crippen LogP contribution in [0.15, 0.2) is 59.1 Å². The van der Waals surface area contributed by atoms with Crippen molar-refractivity contribution in [1.82, 2.24) is 0 Å². The van der Waals surface area contributed by atoms with Crippen molar-refractivity contribution in [2.45, 2.75) is 13.0 Å². The zero-order valence-electron chi connectivity index (χ0n) is 11.6. The summed E-state index contributed by atoms with van der Waals surface area (Å²) >= 11 is 3.41. The summed E-state index contributed by atoms with van der Waals surface area (Å²) < 4.78 is 14.9. The van der Waals surface area contributed by atoms with Gasteiger partial charge in [-0.1, -0.05) is 58.4 Å². The highest BCUT2D eigenvalue weighted by Gasteiger charge is 2.20. The Morgan fingerprint density at radius 2 is 1.71 bits per heavy atom. The van der Waals surface area contributed by atoms with Gasteiger partial charge < -0.3 is 5.73 Å². The number of rotatable bonds is 2. The van der Waals surface area contributed by atoms with Gasteiger partial charge in [0.05, 0.1) is 6.04 Å². The summed E-state index contributed by atoms with van der Waals surface area (Å²) in [6.45, 7) is 2.01. The third kappa shape index (κ3) is 2.47. The predicted molar refractivity (Wildman–Crippen MR) is 88.8 cm³/mol. The summed E-state index contributed by atoms with van der Waals surface area (Å²) in [5.74, 6) is -0.288. The third-order valence-electron chi connectivity index (χ3n) is 3.81. The monoisotopic (exact) mass is 343 g/mol. The van der Waals surface area contributed by atoms with E-state index in [0.717, 1.165) is 21.9 Å². The van der Waals surface area contributed by atoms with Gasteiger partial charge >= 0.3 is 0 Å². The van der Waals surface area contributed by atoms with Crippen LogP contribution in [0.4, 0.5) is 4.39 Å². The van der Waals surface area contributed by atoms with Crippen LogP contribution in [0.25, 0.3) is 10.8 Å². The van der Waals surface area contributed by atoms with Gasteiger partial charge in [-0.2, -0.15) is 0 Å². The summed E-state index contributed by atoms with van der Waals surface area (Å²) in [7, 11) is 0. The Hall–Kier alpha value is -1.71. The number of hydrogen-bond acceptors (Lipinski definition) is 1. The van der Waals surface area contributed by atoms with E-state index in [1.807, 2.05) is 43.3 Å². The van der Waals surface area contributed by atoms with Crippen LogP contribution in [0.3, 0.4) is 0 Å². The zero-order chi connectivity index (χ0) is 15.0. The first-order valence-electron chi connectivity index (χ1n) is 6.77. The molecule has 0 saturated heterocycles. The van der Waals surface area contributed by atoms with Gasteiger partial charge in [0.2, 0.25) is 0 Å². The molecule has 1 unspecified atom stereocenters. The van der Waals surface area contributed by atoms with E-state index in [-0.39, 0.29) is 5.82 Å². The maximum absolute atomic E-state index is 14.2. The summed E-state index contributed by atoms with van der Waals surface area (Å²) in [4.78, 5) is 0. The summed E-state index contributed by atoms with van der Waals surface area (Å²) in [5.41, 5.74) is 8.95. The fourth-order valence-electron chi connectivity index (χ4n) is 2.77. The molecular formula is C18H15BrFN. The van der Waals surface area contributed by atoms with Crippen LogP contribution in [-0.2, 0) is 0 Å². The molecule has 0 saturated carbocycles. The standard InChI is InChI=1S/C18H15BrFN/c1-11-9-10-12-5-2-3-6-13(12)16(11)18(21)17-14(19)7-4-8-15(17)20/h2-10,18H,21H2,1H3. The van der Waals surface area contributed by atoms with E-state index in [1.54, 1.807) is 6.07 Å². The van der Waals surface area contributed by atoms with E-state index in [0.29, 0.717) is 10.0 Å². The maximum atomic E-state index is 14.2. The molecule has 2 N–H and O–H groups in total. The second-order valence-corrected chi connectivity index (χ2v) is 5.98. The van der Waals surface area contributed by atoms with Crippen LogP contribution in [0, 0.1) is 12.7 Å². The molecule has 21 heavy (non-hydrogen) atoms. The smallest absolute Gasteiger partial charge is 0.129 e. The molecule has 3 aromatic rings. The lowest BCUT2D eigenvalue weighted by Gasteiger charge is -2.20. The van der Waals surface area contributed by atoms with Gasteiger partial charge in [-0.15, -0.1) is 0 Å². The Labute approximate surface area is 131 Å². The normalized spacial score (nSPS) is 12.6. The van der Waals surface area contributed by atoms with Crippen LogP contribution >= 0.6 is 15.9 Å². The molecule has 0 fully saturated rings. The molecule has 106 valence electrons. The van der Waals surface area contributed by atoms with Crippen molar-refractivity contribution in [2.24, 2.45) is 5.73 Å². The Kier molecular flexibility index (Phi) is 3.79. The fraction of sp³-hybridized carbons (Fsp3) is 0.111. The molecule has 0 radical (unpaired) electrons. The predicted octanol–water partition coefficient (Wildman–Crippen LogP) is 5.10. The van der Waals surface area contributed by atoms with Crippen molar-refractivity contribution in [1.29, 1.82) is 0 Å². The highest BCUT2D eigenvalue weighted by molar-refractivity contribution is 9.10. The Balaban J connectivity index is 2.27. The quantitative estimate of drug-likeness (QED) is 0.688. The van der Waals surface area contributed by atoms with Crippen LogP contribution in [0.1, 0.15) is 22.7 Å². The first-order chi connectivity index (χ1) is 10.1. The van der Waals surface area contributed by atoms with Crippen molar-refractivity contribution >= 4 is 26.7 Å². The van der Waals surface area contributed by atoms with Crippen molar-refractivity contribution in [3.8, 4) is 0 Å². The Morgan fingerprint density at radius 1 is 0.952 bits per heavy atom. The SMILES string of the molecule is Cc1ccc2ccccc2c1C(N)c1c(F)cccc1Br. The molecule has 0 amide bonds. The maximum Gasteiger partial charge on any atom is 0.129 e. The lowest BCUT2D eigenvalue weighted by Crippen LogP contribution is -2.16. The number of benzene rings is 3. The van der Waals surface area contributed by atoms with Gasteiger partial charge in [0.15, 0.2) is 0 Å². The van der Waals surface area contributed by atoms with Crippen molar-refractivity contribution in [2.75, 3.05) is 0 Å². The third-order valence-corrected chi connectivity index (χ3v) is 4.50. The van der Waals surface area contributed by atoms with Crippen LogP contribution in [0.5, 0.6) is 0 Å². The van der Waals surface area contributed by atoms with E-state index >= 15 is 0 Å². The molecule has 0 aliphatic rings. The molecule has 0 heterocycles. The Bertz CT molecular complexity index is 793. The molecule has 3 heteroatoms. The van der Waals surface area contributed by atoms with Gasteiger partial charge in [0.25, 0.3) is 0 Å². The van der Waals surface area contributed by atoms with E-state index in [9.17, 15) is 4.39 Å². The molecule has 0 aliphatic carbocycles. The molecule has 0 spiro atoms. The lowest BCUT2D eigenvalue weighted by atomic mass is 9.90. The zero-order valence-corrected chi connectivity index (χ0v) is 13.2. The van der Waals surface area contributed by atoms with Gasteiger partial charge in [-0.3, -0.25) is 0 Å². The topological polar surface area (TPSA) is 26.0 Å². The molecule has 0 bridgehead atoms. The highest BCUT2D eigenvalue weighted by Crippen LogP contribution is 2.34. The van der Waals surface area contributed by atoms with Crippen molar-refractivity contribution in [3.05, 3.63) is 81.6 Å². The minimum atomic E-state index is -0.508. The summed E-state index contributed by atoms with van der Waals surface area (Å²) in [6.07, 6.45) is 0. The molecule has 1 atom stereocenters.